The summed E-state index contributed by atoms with van der Waals surface area (Å²) in [7, 11) is 0. The molecule has 1 fully saturated rings. The first-order chi connectivity index (χ1) is 13.8. The molecule has 1 amide bonds. The van der Waals surface area contributed by atoms with E-state index in [9.17, 15) is 9.18 Å². The zero-order valence-corrected chi connectivity index (χ0v) is 17.4. The van der Waals surface area contributed by atoms with Crippen LogP contribution in [0.3, 0.4) is 0 Å². The lowest BCUT2D eigenvalue weighted by molar-refractivity contribution is -0.124. The second-order valence-corrected chi connectivity index (χ2v) is 9.18. The van der Waals surface area contributed by atoms with Gasteiger partial charge in [0.2, 0.25) is 5.91 Å². The Hall–Kier alpha value is -2.24. The van der Waals surface area contributed by atoms with Crippen molar-refractivity contribution in [2.24, 2.45) is 5.41 Å². The number of carbonyl (C=O) groups is 1. The lowest BCUT2D eigenvalue weighted by Gasteiger charge is -2.36. The molecule has 2 bridgehead atoms. The van der Waals surface area contributed by atoms with Crippen molar-refractivity contribution in [3.8, 4) is 0 Å². The van der Waals surface area contributed by atoms with Crippen molar-refractivity contribution in [2.75, 3.05) is 5.32 Å². The predicted molar refractivity (Wildman–Crippen MR) is 112 cm³/mol. The third-order valence-corrected chi connectivity index (χ3v) is 7.48. The van der Waals surface area contributed by atoms with E-state index in [1.54, 1.807) is 30.3 Å². The van der Waals surface area contributed by atoms with Gasteiger partial charge in [-0.15, -0.1) is 0 Å². The van der Waals surface area contributed by atoms with E-state index in [-0.39, 0.29) is 17.5 Å². The predicted octanol–water partition coefficient (Wildman–Crippen LogP) is 5.87. The van der Waals surface area contributed by atoms with Gasteiger partial charge in [-0.2, -0.15) is 0 Å². The average Bonchev–Trinajstić information content (AvgIpc) is 3.04. The summed E-state index contributed by atoms with van der Waals surface area (Å²) in [5.74, 6) is -0.619. The van der Waals surface area contributed by atoms with Gasteiger partial charge in [0.1, 0.15) is 5.82 Å². The normalized spacial score (nSPS) is 24.0. The molecule has 0 spiro atoms. The van der Waals surface area contributed by atoms with Crippen LogP contribution in [0.2, 0.25) is 10.0 Å². The number of aromatic nitrogens is 2. The van der Waals surface area contributed by atoms with E-state index in [1.807, 2.05) is 0 Å². The molecule has 148 valence electrons. The molecule has 3 aromatic rings. The molecule has 4 nitrogen and oxygen atoms in total. The lowest BCUT2D eigenvalue weighted by Crippen LogP contribution is -2.46. The molecule has 1 saturated carbocycles. The Morgan fingerprint density at radius 2 is 1.79 bits per heavy atom. The van der Waals surface area contributed by atoms with Gasteiger partial charge in [0.05, 0.1) is 43.6 Å². The number of anilines is 1. The number of rotatable bonds is 2. The molecule has 1 aromatic heterocycles. The SMILES string of the molecule is CC1(C)C2CCC1(C(=O)Nc1ccccc1F)c1nc3cc(Cl)c(Cl)cc3nc12. The Kier molecular flexibility index (Phi) is 3.97. The van der Waals surface area contributed by atoms with Crippen LogP contribution in [0.25, 0.3) is 11.0 Å². The second-order valence-electron chi connectivity index (χ2n) is 8.36. The molecule has 2 aromatic carbocycles. The molecule has 29 heavy (non-hydrogen) atoms. The number of para-hydroxylation sites is 1. The molecule has 0 radical (unpaired) electrons. The van der Waals surface area contributed by atoms with Gasteiger partial charge in [-0.05, 0) is 42.5 Å². The van der Waals surface area contributed by atoms with Crippen molar-refractivity contribution in [1.29, 1.82) is 0 Å². The summed E-state index contributed by atoms with van der Waals surface area (Å²) in [4.78, 5) is 23.3. The van der Waals surface area contributed by atoms with Gasteiger partial charge >= 0.3 is 0 Å². The summed E-state index contributed by atoms with van der Waals surface area (Å²) in [5.41, 5.74) is 1.63. The summed E-state index contributed by atoms with van der Waals surface area (Å²) in [6.45, 7) is 4.14. The van der Waals surface area contributed by atoms with E-state index in [2.05, 4.69) is 19.2 Å². The van der Waals surface area contributed by atoms with E-state index in [0.717, 1.165) is 12.1 Å². The number of halogens is 3. The molecular weight excluding hydrogens is 412 g/mol. The molecule has 2 aliphatic carbocycles. The summed E-state index contributed by atoms with van der Waals surface area (Å²) in [6.07, 6.45) is 1.46. The van der Waals surface area contributed by atoms with E-state index in [0.29, 0.717) is 33.2 Å². The maximum absolute atomic E-state index is 14.2. The van der Waals surface area contributed by atoms with Crippen LogP contribution in [0.4, 0.5) is 10.1 Å². The first-order valence-electron chi connectivity index (χ1n) is 9.49. The van der Waals surface area contributed by atoms with Crippen molar-refractivity contribution in [2.45, 2.75) is 38.0 Å². The molecule has 1 heterocycles. The fraction of sp³-hybridized carbons (Fsp3) is 0.318. The molecule has 2 atom stereocenters. The molecular formula is C22H18Cl2FN3O. The number of nitrogens with one attached hydrogen (secondary N) is 1. The molecule has 0 aliphatic heterocycles. The Morgan fingerprint density at radius 1 is 1.14 bits per heavy atom. The first-order valence-corrected chi connectivity index (χ1v) is 10.2. The number of fused-ring (bicyclic) bond motifs is 6. The quantitative estimate of drug-likeness (QED) is 0.553. The van der Waals surface area contributed by atoms with Crippen LogP contribution in [-0.2, 0) is 10.2 Å². The van der Waals surface area contributed by atoms with Crippen LogP contribution in [0, 0.1) is 11.2 Å². The Labute approximate surface area is 177 Å². The van der Waals surface area contributed by atoms with Gasteiger partial charge in [-0.3, -0.25) is 4.79 Å². The molecule has 5 rings (SSSR count). The van der Waals surface area contributed by atoms with Gasteiger partial charge in [-0.25, -0.2) is 14.4 Å². The van der Waals surface area contributed by atoms with Crippen LogP contribution in [0.1, 0.15) is 44.0 Å². The fourth-order valence-corrected chi connectivity index (χ4v) is 5.49. The largest absolute Gasteiger partial charge is 0.323 e. The molecule has 1 N–H and O–H groups in total. The zero-order valence-electron chi connectivity index (χ0n) is 15.9. The van der Waals surface area contributed by atoms with Crippen molar-refractivity contribution in [3.63, 3.8) is 0 Å². The van der Waals surface area contributed by atoms with E-state index >= 15 is 0 Å². The smallest absolute Gasteiger partial charge is 0.237 e. The number of amides is 1. The number of carbonyl (C=O) groups excluding carboxylic acids is 1. The standard InChI is InChI=1S/C22H18Cl2FN3O/c1-21(2)11-7-8-22(21,20(29)28-15-6-4-3-5-14(15)25)19-18(11)26-16-9-12(23)13(24)10-17(16)27-19/h3-6,9-11H,7-8H2,1-2H3,(H,28,29). The Morgan fingerprint density at radius 3 is 2.48 bits per heavy atom. The Bertz CT molecular complexity index is 1200. The fourth-order valence-electron chi connectivity index (χ4n) is 5.17. The van der Waals surface area contributed by atoms with Crippen LogP contribution < -0.4 is 5.32 Å². The minimum absolute atomic E-state index is 0.0928. The highest BCUT2D eigenvalue weighted by atomic mass is 35.5. The van der Waals surface area contributed by atoms with E-state index in [1.165, 1.54) is 6.07 Å². The number of benzene rings is 2. The van der Waals surface area contributed by atoms with Gasteiger partial charge in [0, 0.05) is 5.92 Å². The third kappa shape index (κ3) is 2.41. The average molecular weight is 430 g/mol. The maximum Gasteiger partial charge on any atom is 0.237 e. The minimum Gasteiger partial charge on any atom is -0.323 e. The second kappa shape index (κ2) is 6.13. The highest BCUT2D eigenvalue weighted by molar-refractivity contribution is 6.42. The van der Waals surface area contributed by atoms with E-state index < -0.39 is 16.6 Å². The zero-order chi connectivity index (χ0) is 20.6. The van der Waals surface area contributed by atoms with Crippen molar-refractivity contribution < 1.29 is 9.18 Å². The Balaban J connectivity index is 1.69. The number of hydrogen-bond acceptors (Lipinski definition) is 3. The first kappa shape index (κ1) is 18.8. The van der Waals surface area contributed by atoms with Gasteiger partial charge < -0.3 is 5.32 Å². The highest BCUT2D eigenvalue weighted by Gasteiger charge is 2.67. The highest BCUT2D eigenvalue weighted by Crippen LogP contribution is 2.67. The monoisotopic (exact) mass is 429 g/mol. The third-order valence-electron chi connectivity index (χ3n) is 6.76. The van der Waals surface area contributed by atoms with Crippen molar-refractivity contribution in [1.82, 2.24) is 9.97 Å². The van der Waals surface area contributed by atoms with Gasteiger partial charge in [0.15, 0.2) is 0 Å². The summed E-state index contributed by atoms with van der Waals surface area (Å²) in [5, 5.41) is 3.62. The number of nitrogens with zero attached hydrogens (tertiary/aromatic N) is 2. The number of hydrogen-bond donors (Lipinski definition) is 1. The maximum atomic E-state index is 14.2. The van der Waals surface area contributed by atoms with Crippen molar-refractivity contribution in [3.05, 3.63) is 63.6 Å². The molecule has 7 heteroatoms. The van der Waals surface area contributed by atoms with E-state index in [4.69, 9.17) is 33.2 Å². The summed E-state index contributed by atoms with van der Waals surface area (Å²) in [6, 6.07) is 9.56. The van der Waals surface area contributed by atoms with Gasteiger partial charge in [-0.1, -0.05) is 49.2 Å². The van der Waals surface area contributed by atoms with Crippen LogP contribution >= 0.6 is 23.2 Å². The minimum atomic E-state index is -0.886. The summed E-state index contributed by atoms with van der Waals surface area (Å²) < 4.78 is 14.2. The lowest BCUT2D eigenvalue weighted by atomic mass is 9.67. The van der Waals surface area contributed by atoms with Gasteiger partial charge in [0.25, 0.3) is 0 Å². The molecule has 2 aliphatic rings. The topological polar surface area (TPSA) is 54.9 Å². The van der Waals surface area contributed by atoms with Crippen LogP contribution in [-0.4, -0.2) is 15.9 Å². The van der Waals surface area contributed by atoms with Crippen molar-refractivity contribution >= 4 is 45.8 Å². The van der Waals surface area contributed by atoms with Crippen LogP contribution in [0.5, 0.6) is 0 Å². The molecule has 0 saturated heterocycles. The molecule has 2 unspecified atom stereocenters. The summed E-state index contributed by atoms with van der Waals surface area (Å²) >= 11 is 12.3. The van der Waals surface area contributed by atoms with Crippen LogP contribution in [0.15, 0.2) is 36.4 Å².